The van der Waals surface area contributed by atoms with Crippen molar-refractivity contribution in [3.8, 4) is 10.8 Å². The minimum absolute atomic E-state index is 0.0982. The monoisotopic (exact) mass is 875 g/mol. The van der Waals surface area contributed by atoms with Gasteiger partial charge in [0.05, 0.1) is 11.3 Å². The van der Waals surface area contributed by atoms with Gasteiger partial charge in [-0.05, 0) is 148 Å². The van der Waals surface area contributed by atoms with E-state index < -0.39 is 5.60 Å². The van der Waals surface area contributed by atoms with Crippen molar-refractivity contribution in [1.82, 2.24) is 19.7 Å². The van der Waals surface area contributed by atoms with Gasteiger partial charge in [0.2, 0.25) is 0 Å². The van der Waals surface area contributed by atoms with Crippen LogP contribution in [-0.2, 0) is 6.42 Å². The van der Waals surface area contributed by atoms with Gasteiger partial charge in [-0.25, -0.2) is 4.39 Å². The molecule has 3 saturated heterocycles. The molecule has 11 rings (SSSR count). The van der Waals surface area contributed by atoms with E-state index in [0.717, 1.165) is 111 Å². The number of phenols is 1. The number of hydrogen-bond acceptors (Lipinski definition) is 9. The van der Waals surface area contributed by atoms with Crippen molar-refractivity contribution in [2.45, 2.75) is 83.3 Å². The lowest BCUT2D eigenvalue weighted by Crippen LogP contribution is -2.55. The number of benzene rings is 4. The average Bonchev–Trinajstić information content (AvgIpc) is 3.76. The van der Waals surface area contributed by atoms with E-state index in [9.17, 15) is 14.6 Å². The normalized spacial score (nSPS) is 22.2. The summed E-state index contributed by atoms with van der Waals surface area (Å²) < 4.78 is 16.1. The highest BCUT2D eigenvalue weighted by Crippen LogP contribution is 2.48. The third kappa shape index (κ3) is 7.53. The second-order valence-corrected chi connectivity index (χ2v) is 20.7. The summed E-state index contributed by atoms with van der Waals surface area (Å²) >= 11 is 1.79. The van der Waals surface area contributed by atoms with Gasteiger partial charge < -0.3 is 24.9 Å². The van der Waals surface area contributed by atoms with Gasteiger partial charge in [-0.3, -0.25) is 9.56 Å². The van der Waals surface area contributed by atoms with Gasteiger partial charge in [0.1, 0.15) is 28.4 Å². The van der Waals surface area contributed by atoms with Crippen LogP contribution >= 0.6 is 11.3 Å². The Morgan fingerprint density at radius 2 is 1.45 bits per heavy atom. The molecule has 2 N–H and O–H groups in total. The van der Waals surface area contributed by atoms with E-state index in [2.05, 4.69) is 105 Å². The molecule has 2 aromatic heterocycles. The number of fused-ring (bicyclic) bond motifs is 4. The number of aryl methyl sites for hydroxylation is 3. The van der Waals surface area contributed by atoms with Crippen LogP contribution < -0.4 is 9.80 Å². The molecule has 64 heavy (non-hydrogen) atoms. The first-order valence-corrected chi connectivity index (χ1v) is 24.1. The van der Waals surface area contributed by atoms with Gasteiger partial charge in [-0.2, -0.15) is 0 Å². The van der Waals surface area contributed by atoms with Crippen LogP contribution in [0.1, 0.15) is 106 Å². The number of halogens is 1. The largest absolute Gasteiger partial charge is 0.508 e. The molecular formula is C53H58FN7O2S. The first-order valence-electron chi connectivity index (χ1n) is 23.3. The fourth-order valence-corrected chi connectivity index (χ4v) is 12.8. The van der Waals surface area contributed by atoms with E-state index in [-0.39, 0.29) is 23.7 Å². The minimum Gasteiger partial charge on any atom is -0.508 e. The molecule has 9 nitrogen and oxygen atoms in total. The first-order chi connectivity index (χ1) is 31.0. The Balaban J connectivity index is 0.659. The SMILES string of the molecule is Cc1sc2c(c1C)C(c1ccc(N3CC(CC4(O)CCN(CC5CN(c6ccc([C@@H]7c8ccc(O)cc8CC[C@@H]7c7ccc(F)cc7)cc6)C5)CC4)C3)cc1)=N[C@@H](C)c1nnc(C)n1-2. The number of hydrogen-bond donors (Lipinski definition) is 2. The molecule has 4 aromatic carbocycles. The maximum atomic E-state index is 13.9. The van der Waals surface area contributed by atoms with Crippen molar-refractivity contribution in [1.29, 1.82) is 0 Å². The summed E-state index contributed by atoms with van der Waals surface area (Å²) in [6.07, 6.45) is 4.41. The summed E-state index contributed by atoms with van der Waals surface area (Å²) in [6.45, 7) is 15.6. The second-order valence-electron chi connectivity index (χ2n) is 19.5. The number of anilines is 2. The smallest absolute Gasteiger partial charge is 0.162 e. The van der Waals surface area contributed by atoms with Crippen molar-refractivity contribution >= 4 is 28.4 Å². The third-order valence-corrected chi connectivity index (χ3v) is 16.4. The van der Waals surface area contributed by atoms with Gasteiger partial charge >= 0.3 is 0 Å². The van der Waals surface area contributed by atoms with E-state index >= 15 is 0 Å². The van der Waals surface area contributed by atoms with E-state index in [4.69, 9.17) is 4.99 Å². The van der Waals surface area contributed by atoms with Gasteiger partial charge in [-0.15, -0.1) is 21.5 Å². The molecule has 0 bridgehead atoms. The van der Waals surface area contributed by atoms with Crippen LogP contribution in [0.15, 0.2) is 96.0 Å². The summed E-state index contributed by atoms with van der Waals surface area (Å²) in [5.74, 6) is 3.40. The first kappa shape index (κ1) is 41.4. The predicted octanol–water partition coefficient (Wildman–Crippen LogP) is 9.66. The molecular weight excluding hydrogens is 818 g/mol. The molecule has 0 saturated carbocycles. The molecule has 0 radical (unpaired) electrons. The van der Waals surface area contributed by atoms with Crippen molar-refractivity contribution < 1.29 is 14.6 Å². The van der Waals surface area contributed by atoms with E-state index in [1.54, 1.807) is 29.5 Å². The number of likely N-dealkylation sites (tertiary alicyclic amines) is 1. The molecule has 0 amide bonds. The Hall–Kier alpha value is -5.36. The summed E-state index contributed by atoms with van der Waals surface area (Å²) in [6, 6.07) is 30.7. The second kappa shape index (κ2) is 16.3. The third-order valence-electron chi connectivity index (χ3n) is 15.2. The maximum absolute atomic E-state index is 13.9. The molecule has 5 aliphatic rings. The fourth-order valence-electron chi connectivity index (χ4n) is 11.6. The number of thiophene rings is 1. The Morgan fingerprint density at radius 1 is 0.797 bits per heavy atom. The lowest BCUT2D eigenvalue weighted by atomic mass is 9.69. The van der Waals surface area contributed by atoms with Crippen LogP contribution in [0.25, 0.3) is 5.00 Å². The van der Waals surface area contributed by atoms with Crippen molar-refractivity contribution in [2.75, 3.05) is 55.6 Å². The van der Waals surface area contributed by atoms with Crippen molar-refractivity contribution in [3.63, 3.8) is 0 Å². The summed E-state index contributed by atoms with van der Waals surface area (Å²) in [5, 5.41) is 32.0. The highest BCUT2D eigenvalue weighted by atomic mass is 32.1. The number of aromatic hydroxyl groups is 1. The Kier molecular flexibility index (Phi) is 10.5. The number of rotatable bonds is 9. The predicted molar refractivity (Wildman–Crippen MR) is 254 cm³/mol. The number of nitrogens with zero attached hydrogens (tertiary/aromatic N) is 7. The molecule has 3 fully saturated rings. The highest BCUT2D eigenvalue weighted by molar-refractivity contribution is 7.15. The number of aliphatic imine (C=N–C) groups is 1. The highest BCUT2D eigenvalue weighted by Gasteiger charge is 2.40. The zero-order valence-corrected chi connectivity index (χ0v) is 38.2. The van der Waals surface area contributed by atoms with E-state index in [0.29, 0.717) is 17.6 Å². The molecule has 6 heterocycles. The van der Waals surface area contributed by atoms with Gasteiger partial charge in [0.15, 0.2) is 5.82 Å². The van der Waals surface area contributed by atoms with Crippen LogP contribution in [-0.4, -0.2) is 87.0 Å². The molecule has 11 heteroatoms. The van der Waals surface area contributed by atoms with Crippen LogP contribution in [0.2, 0.25) is 0 Å². The molecule has 3 atom stereocenters. The van der Waals surface area contributed by atoms with Crippen LogP contribution in [0.3, 0.4) is 0 Å². The number of aromatic nitrogens is 3. The zero-order valence-electron chi connectivity index (χ0n) is 37.3. The van der Waals surface area contributed by atoms with Crippen molar-refractivity contribution in [2.24, 2.45) is 16.8 Å². The fraction of sp³-hybridized carbons (Fsp3) is 0.415. The Bertz CT molecular complexity index is 2710. The summed E-state index contributed by atoms with van der Waals surface area (Å²) in [5.41, 5.74) is 11.4. The van der Waals surface area contributed by atoms with E-state index in [1.165, 1.54) is 44.1 Å². The topological polar surface area (TPSA) is 93.2 Å². The Labute approximate surface area is 379 Å². The maximum Gasteiger partial charge on any atom is 0.162 e. The lowest BCUT2D eigenvalue weighted by molar-refractivity contribution is -0.0444. The minimum atomic E-state index is -0.580. The number of phenolic OH excluding ortho intramolecular Hbond substituents is 1. The van der Waals surface area contributed by atoms with E-state index in [1.807, 2.05) is 25.1 Å². The standard InChI is InChI=1S/C53H58FN7O2S/c1-32-34(3)64-52-48(32)50(55-33(2)51-57-56-35(4)61(51)52)40-9-16-44(17-10-40)59-28-36(29-59)26-53(63)21-23-58(24-22-53)27-37-30-60(31-37)43-14-7-39(8-15-43)49-46(38-5-12-42(54)13-6-38)19-11-41-25-45(62)18-20-47(41)49/h5-10,12-18,20,25,33,36-37,46,49,62-63H,11,19,21-24,26-31H2,1-4H3/t33-,46+,49-/m0/s1. The Morgan fingerprint density at radius 3 is 2.16 bits per heavy atom. The van der Waals surface area contributed by atoms with Gasteiger partial charge in [-0.1, -0.05) is 42.5 Å². The molecule has 0 spiro atoms. The summed E-state index contributed by atoms with van der Waals surface area (Å²) in [4.78, 5) is 14.0. The van der Waals surface area contributed by atoms with Crippen LogP contribution in [0, 0.1) is 38.4 Å². The molecule has 4 aliphatic heterocycles. The number of piperidine rings is 1. The average molecular weight is 876 g/mol. The van der Waals surface area contributed by atoms with Gasteiger partial charge in [0, 0.05) is 85.0 Å². The number of aliphatic hydroxyl groups is 1. The molecule has 1 aliphatic carbocycles. The molecule has 330 valence electrons. The molecule has 0 unspecified atom stereocenters. The quantitative estimate of drug-likeness (QED) is 0.150. The summed E-state index contributed by atoms with van der Waals surface area (Å²) in [7, 11) is 0. The lowest BCUT2D eigenvalue weighted by Gasteiger charge is -2.48. The van der Waals surface area contributed by atoms with Gasteiger partial charge in [0.25, 0.3) is 0 Å². The van der Waals surface area contributed by atoms with Crippen LogP contribution in [0.5, 0.6) is 5.75 Å². The van der Waals surface area contributed by atoms with Crippen molar-refractivity contribution in [3.05, 3.63) is 152 Å². The molecule has 6 aromatic rings. The van der Waals surface area contributed by atoms with Crippen LogP contribution in [0.4, 0.5) is 15.8 Å². The zero-order chi connectivity index (χ0) is 43.9.